The topological polar surface area (TPSA) is 332 Å². The Labute approximate surface area is 516 Å². The summed E-state index contributed by atoms with van der Waals surface area (Å²) in [5.41, 5.74) is 17.8. The predicted octanol–water partition coefficient (Wildman–Crippen LogP) is 6.05. The number of aliphatic carboxylic acids is 1. The molecular weight excluding hydrogens is 1120 g/mol. The maximum atomic E-state index is 12.6. The summed E-state index contributed by atoms with van der Waals surface area (Å²) in [4.78, 5) is 82.1. The summed E-state index contributed by atoms with van der Waals surface area (Å²) in [5.74, 6) is -3.51. The Morgan fingerprint density at radius 3 is 1.09 bits per heavy atom. The molecule has 86 heavy (non-hydrogen) atoms. The third-order valence-corrected chi connectivity index (χ3v) is 12.6. The van der Waals surface area contributed by atoms with Gasteiger partial charge in [-0.2, -0.15) is 15.3 Å². The number of carbonyl (C=O) groups is 6. The SMILES string of the molecule is CCOC(=O)CN.CCOC(=O)CNC(=O)c1cc(C(C)C)n2nc(C)c(-c3ccccc3)c2n1.Cc1nn2c(C(C)C)cc(C(=O)NCC(=O)O)nc2c1-c1ccccc1.Cc1nn2c(C(C)C)cc(C(=O)O)nc2c1-c1ccccc1.Cl.[Li+].[OH-]. The number of carboxylic acid groups (broad SMARTS) is 2. The van der Waals surface area contributed by atoms with E-state index >= 15 is 0 Å². The molecule has 6 aromatic heterocycles. The zero-order chi connectivity index (χ0) is 60.7. The van der Waals surface area contributed by atoms with Crippen LogP contribution in [0, 0.1) is 20.8 Å². The summed E-state index contributed by atoms with van der Waals surface area (Å²) in [5, 5.41) is 36.9. The summed E-state index contributed by atoms with van der Waals surface area (Å²) < 4.78 is 14.6. The van der Waals surface area contributed by atoms with Gasteiger partial charge in [-0.15, -0.1) is 12.4 Å². The minimum absolute atomic E-state index is 0. The number of fused-ring (bicyclic) bond motifs is 3. The molecule has 9 rings (SSSR count). The van der Waals surface area contributed by atoms with Crippen LogP contribution in [0.2, 0.25) is 0 Å². The number of esters is 2. The van der Waals surface area contributed by atoms with E-state index in [1.807, 2.05) is 153 Å². The number of ether oxygens (including phenoxy) is 2. The van der Waals surface area contributed by atoms with Crippen molar-refractivity contribution in [2.24, 2.45) is 5.73 Å². The van der Waals surface area contributed by atoms with E-state index < -0.39 is 36.3 Å². The van der Waals surface area contributed by atoms with Gasteiger partial charge in [0.05, 0.1) is 36.8 Å². The molecule has 25 heteroatoms. The third kappa shape index (κ3) is 17.6. The number of nitrogens with two attached hydrogens (primary N) is 1. The molecule has 0 saturated heterocycles. The molecule has 0 bridgehead atoms. The average molecular weight is 1190 g/mol. The van der Waals surface area contributed by atoms with E-state index in [-0.39, 0.29) is 97.2 Å². The summed E-state index contributed by atoms with van der Waals surface area (Å²) in [7, 11) is 0. The van der Waals surface area contributed by atoms with Gasteiger partial charge >= 0.3 is 42.7 Å². The van der Waals surface area contributed by atoms with E-state index in [0.717, 1.165) is 67.5 Å². The number of nitrogens with zero attached hydrogens (tertiary/aromatic N) is 9. The zero-order valence-corrected chi connectivity index (χ0v) is 51.1. The quantitative estimate of drug-likeness (QED) is 0.0543. The van der Waals surface area contributed by atoms with Gasteiger partial charge in [-0.25, -0.2) is 33.3 Å². The molecule has 2 amide bonds. The standard InChI is InChI=1S/C21H24N4O3.C19H20N4O3.C17H17N3O2.C4H9NO2.ClH.Li.H2O/c1-5-28-18(26)12-22-21(27)16-11-17(13(2)3)25-20(23-16)19(14(4)24-25)15-9-7-6-8-10-15;1-11(2)15-9-14(19(26)20-10-16(24)25)21-18-17(12(3)22-23(15)18)13-7-5-4-6-8-13;1-10(2)14-9-13(17(21)22)18-16-15(11(3)19-20(14)16)12-7-5-4-6-8-12;1-2-7-4(6)3-5;;;/h6-11,13H,5,12H2,1-4H3,(H,22,27);4-9,11H,10H2,1-3H3,(H,20,26)(H,24,25);4-10H,1-3H3,(H,21,22);2-3,5H2,1H3;1H;;1H2/q;;;;;+1;/p-1. The van der Waals surface area contributed by atoms with Crippen molar-refractivity contribution < 1.29 is 72.8 Å². The van der Waals surface area contributed by atoms with E-state index in [1.165, 1.54) is 0 Å². The van der Waals surface area contributed by atoms with E-state index in [1.54, 1.807) is 45.6 Å². The van der Waals surface area contributed by atoms with E-state index in [0.29, 0.717) is 23.5 Å². The van der Waals surface area contributed by atoms with Crippen molar-refractivity contribution in [3.8, 4) is 33.4 Å². The molecule has 3 aromatic carbocycles. The molecule has 6 heterocycles. The van der Waals surface area contributed by atoms with Crippen molar-refractivity contribution in [1.29, 1.82) is 0 Å². The largest absolute Gasteiger partial charge is 1.00 e. The molecule has 0 atom stereocenters. The minimum Gasteiger partial charge on any atom is -0.870 e. The second-order valence-corrected chi connectivity index (χ2v) is 19.7. The molecule has 0 unspecified atom stereocenters. The Morgan fingerprint density at radius 1 is 0.512 bits per heavy atom. The Hall–Kier alpha value is -8.85. The summed E-state index contributed by atoms with van der Waals surface area (Å²) in [6.45, 7) is 21.4. The summed E-state index contributed by atoms with van der Waals surface area (Å²) in [6, 6.07) is 34.4. The fourth-order valence-electron chi connectivity index (χ4n) is 8.76. The molecule has 0 aliphatic carbocycles. The van der Waals surface area contributed by atoms with Crippen molar-refractivity contribution in [1.82, 2.24) is 54.4 Å². The van der Waals surface area contributed by atoms with Crippen LogP contribution in [0.3, 0.4) is 0 Å². The molecular formula is C61H72ClLiN12O11. The van der Waals surface area contributed by atoms with Crippen LogP contribution >= 0.6 is 12.4 Å². The maximum Gasteiger partial charge on any atom is 1.00 e. The van der Waals surface area contributed by atoms with Gasteiger partial charge in [0.1, 0.15) is 24.5 Å². The first-order chi connectivity index (χ1) is 39.6. The monoisotopic (exact) mass is 1190 g/mol. The number of carbonyl (C=O) groups excluding carboxylic acids is 4. The summed E-state index contributed by atoms with van der Waals surface area (Å²) >= 11 is 0. The molecule has 0 aliphatic heterocycles. The van der Waals surface area contributed by atoms with Crippen LogP contribution in [-0.2, 0) is 23.9 Å². The molecule has 0 aliphatic rings. The second kappa shape index (κ2) is 33.0. The Bertz CT molecular complexity index is 3780. The fourth-order valence-corrected chi connectivity index (χ4v) is 8.76. The average Bonchev–Trinajstić information content (AvgIpc) is 2.13. The summed E-state index contributed by atoms with van der Waals surface area (Å²) in [6.07, 6.45) is 0. The van der Waals surface area contributed by atoms with Gasteiger partial charge < -0.3 is 41.5 Å². The van der Waals surface area contributed by atoms with Crippen LogP contribution in [0.25, 0.3) is 50.3 Å². The van der Waals surface area contributed by atoms with Crippen LogP contribution < -0.4 is 35.2 Å². The number of hydrogen-bond donors (Lipinski definition) is 5. The van der Waals surface area contributed by atoms with Gasteiger partial charge in [-0.1, -0.05) is 133 Å². The molecule has 7 N–H and O–H groups in total. The number of carboxylic acids is 2. The number of rotatable bonds is 16. The molecule has 0 radical (unpaired) electrons. The Balaban J connectivity index is 0.000000316. The smallest absolute Gasteiger partial charge is 0.870 e. The number of aryl methyl sites for hydroxylation is 3. The molecule has 0 fully saturated rings. The molecule has 450 valence electrons. The van der Waals surface area contributed by atoms with E-state index in [2.05, 4.69) is 45.6 Å². The number of halogens is 1. The number of aromatic carboxylic acids is 1. The van der Waals surface area contributed by atoms with Crippen LogP contribution in [0.15, 0.2) is 109 Å². The van der Waals surface area contributed by atoms with Crippen LogP contribution in [0.1, 0.15) is 139 Å². The Morgan fingerprint density at radius 2 is 0.814 bits per heavy atom. The van der Waals surface area contributed by atoms with Crippen molar-refractivity contribution >= 4 is 65.0 Å². The third-order valence-electron chi connectivity index (χ3n) is 12.6. The Kier molecular flexibility index (Phi) is 27.4. The van der Waals surface area contributed by atoms with Crippen molar-refractivity contribution in [2.75, 3.05) is 32.8 Å². The van der Waals surface area contributed by atoms with Gasteiger partial charge in [0.15, 0.2) is 22.6 Å². The predicted molar refractivity (Wildman–Crippen MR) is 323 cm³/mol. The first-order valence-corrected chi connectivity index (χ1v) is 27.0. The number of hydrogen-bond acceptors (Lipinski definition) is 16. The number of benzene rings is 3. The van der Waals surface area contributed by atoms with Gasteiger partial charge in [0.2, 0.25) is 0 Å². The van der Waals surface area contributed by atoms with E-state index in [9.17, 15) is 33.9 Å². The molecule has 23 nitrogen and oxygen atoms in total. The van der Waals surface area contributed by atoms with E-state index in [4.69, 9.17) is 15.6 Å². The first kappa shape index (κ1) is 71.4. The normalized spacial score (nSPS) is 10.5. The van der Waals surface area contributed by atoms with Crippen LogP contribution in [0.4, 0.5) is 0 Å². The molecule has 9 aromatic rings. The van der Waals surface area contributed by atoms with Gasteiger partial charge in [0, 0.05) is 33.8 Å². The van der Waals surface area contributed by atoms with Gasteiger partial charge in [-0.3, -0.25) is 24.0 Å². The second-order valence-electron chi connectivity index (χ2n) is 19.7. The number of aromatic nitrogens is 9. The number of nitrogens with one attached hydrogen (secondary N) is 2. The maximum absolute atomic E-state index is 12.6. The fraction of sp³-hybridized carbons (Fsp3) is 0.311. The molecule has 0 spiro atoms. The zero-order valence-electron chi connectivity index (χ0n) is 50.3. The first-order valence-electron chi connectivity index (χ1n) is 27.0. The van der Waals surface area contributed by atoms with Crippen molar-refractivity contribution in [2.45, 2.75) is 93.9 Å². The molecule has 0 saturated carbocycles. The van der Waals surface area contributed by atoms with Crippen LogP contribution in [-0.4, -0.2) is 128 Å². The van der Waals surface area contributed by atoms with Crippen molar-refractivity contribution in [3.05, 3.63) is 160 Å². The van der Waals surface area contributed by atoms with Crippen LogP contribution in [0.5, 0.6) is 0 Å². The van der Waals surface area contributed by atoms with Crippen molar-refractivity contribution in [3.63, 3.8) is 0 Å². The minimum atomic E-state index is -1.10. The van der Waals surface area contributed by atoms with Gasteiger partial charge in [0.25, 0.3) is 11.8 Å². The number of amides is 2. The van der Waals surface area contributed by atoms with Gasteiger partial charge in [-0.05, 0) is 87.3 Å².